The summed E-state index contributed by atoms with van der Waals surface area (Å²) in [6.07, 6.45) is 3.57. The first kappa shape index (κ1) is 47.5. The lowest BCUT2D eigenvalue weighted by atomic mass is 9.78. The normalized spacial score (nSPS) is 28.8. The zero-order valence-electron chi connectivity index (χ0n) is 36.6. The maximum absolute atomic E-state index is 14.5. The Kier molecular flexibility index (Phi) is 15.4. The average molecular weight is 840 g/mol. The molecule has 3 heterocycles. The number of methoxy groups -OCH3 is 1. The van der Waals surface area contributed by atoms with Crippen molar-refractivity contribution in [2.24, 2.45) is 23.7 Å². The topological polar surface area (TPSA) is 214 Å². The number of likely N-dealkylation sites (N-methyl/N-ethyl adjacent to an activating group) is 1. The van der Waals surface area contributed by atoms with Crippen LogP contribution < -0.4 is 14.8 Å². The number of ketones is 1. The van der Waals surface area contributed by atoms with Crippen LogP contribution in [0.1, 0.15) is 78.2 Å². The summed E-state index contributed by atoms with van der Waals surface area (Å²) in [6.45, 7) is 16.9. The largest absolute Gasteiger partial charge is 0.507 e. The molecule has 5 N–H and O–H groups in total. The zero-order valence-corrected chi connectivity index (χ0v) is 36.6. The predicted molar refractivity (Wildman–Crippen MR) is 223 cm³/mol. The number of benzene rings is 2. The number of aliphatic hydroxyl groups excluding tert-OH is 2. The van der Waals surface area contributed by atoms with Gasteiger partial charge in [0, 0.05) is 87.4 Å². The summed E-state index contributed by atoms with van der Waals surface area (Å²) in [5.74, 6) is -8.18. The fraction of sp³-hybridized carbons (Fsp3) is 0.545. The van der Waals surface area contributed by atoms with Gasteiger partial charge in [0.2, 0.25) is 0 Å². The molecule has 0 aliphatic carbocycles. The van der Waals surface area contributed by atoms with Gasteiger partial charge in [-0.1, -0.05) is 59.8 Å². The number of Topliss-reactive ketones (excluding diaryl/α,β-unsaturated/α-hetero) is 1. The van der Waals surface area contributed by atoms with Gasteiger partial charge in [-0.3, -0.25) is 24.2 Å². The Balaban J connectivity index is 1.94. The van der Waals surface area contributed by atoms with Gasteiger partial charge < -0.3 is 49.4 Å². The number of hydrazine groups is 1. The van der Waals surface area contributed by atoms with Gasteiger partial charge in [-0.05, 0) is 19.9 Å². The van der Waals surface area contributed by atoms with Crippen LogP contribution in [-0.4, -0.2) is 118 Å². The Morgan fingerprint density at radius 1 is 0.950 bits per heavy atom. The fourth-order valence-corrected chi connectivity index (χ4v) is 7.79. The molecule has 0 fully saturated rings. The smallest absolute Gasteiger partial charge is 0.312 e. The Morgan fingerprint density at radius 3 is 2.20 bits per heavy atom. The van der Waals surface area contributed by atoms with Gasteiger partial charge in [-0.2, -0.15) is 0 Å². The highest BCUT2D eigenvalue weighted by molar-refractivity contribution is 6.21. The standard InChI is InChI=1S/C44H61N3O13/c1-13-47(14-2)46(11)32(49)21-57-31-20-29-39(53)34-33(31)35-41(27(8)38(34)52)60-44(10,42(35)54)58-19-18-30(56-12)24(5)40(59-28(9)48)26(7)37(51)25(6)36(50)22(3)16-15-17-23(4)43(55)45-29/h15-20,22,24-26,30,36-37,40,50-53H,13-14,21H2,1-12H3,(H,45,55)/b16-15+,19-18+,23-17?. The molecule has 9 atom stereocenters. The minimum atomic E-state index is -2.03. The highest BCUT2D eigenvalue weighted by Gasteiger charge is 2.50. The minimum Gasteiger partial charge on any atom is -0.507 e. The number of anilines is 1. The van der Waals surface area contributed by atoms with Gasteiger partial charge in [-0.15, -0.1) is 0 Å². The van der Waals surface area contributed by atoms with E-state index in [-0.39, 0.29) is 44.7 Å². The van der Waals surface area contributed by atoms with Crippen molar-refractivity contribution in [3.63, 3.8) is 0 Å². The maximum atomic E-state index is 14.5. The summed E-state index contributed by atoms with van der Waals surface area (Å²) in [6, 6.07) is 1.26. The summed E-state index contributed by atoms with van der Waals surface area (Å²) in [5, 5.41) is 51.7. The number of rotatable bonds is 8. The third kappa shape index (κ3) is 9.57. The number of amides is 2. The van der Waals surface area contributed by atoms with Crippen LogP contribution in [0, 0.1) is 30.6 Å². The van der Waals surface area contributed by atoms with Crippen molar-refractivity contribution in [1.82, 2.24) is 10.0 Å². The summed E-state index contributed by atoms with van der Waals surface area (Å²) >= 11 is 0. The van der Waals surface area contributed by atoms with Crippen molar-refractivity contribution in [2.45, 2.75) is 99.4 Å². The van der Waals surface area contributed by atoms with Gasteiger partial charge >= 0.3 is 11.8 Å². The Morgan fingerprint density at radius 2 is 1.60 bits per heavy atom. The van der Waals surface area contributed by atoms with E-state index in [0.29, 0.717) is 13.1 Å². The number of aliphatic hydroxyl groups is 2. The van der Waals surface area contributed by atoms with Crippen molar-refractivity contribution in [2.75, 3.05) is 39.2 Å². The van der Waals surface area contributed by atoms with Crippen molar-refractivity contribution in [3.05, 3.63) is 53.3 Å². The van der Waals surface area contributed by atoms with Gasteiger partial charge in [-0.25, -0.2) is 5.01 Å². The number of ether oxygens (including phenoxy) is 5. The van der Waals surface area contributed by atoms with Crippen LogP contribution in [0.5, 0.6) is 23.0 Å². The highest BCUT2D eigenvalue weighted by Crippen LogP contribution is 2.54. The lowest BCUT2D eigenvalue weighted by Gasteiger charge is -2.38. The molecule has 3 aliphatic heterocycles. The van der Waals surface area contributed by atoms with Gasteiger partial charge in [0.1, 0.15) is 23.4 Å². The van der Waals surface area contributed by atoms with E-state index < -0.39 is 95.5 Å². The molecular formula is C44H61N3O13. The van der Waals surface area contributed by atoms with E-state index in [1.807, 2.05) is 13.8 Å². The van der Waals surface area contributed by atoms with Crippen LogP contribution in [0.15, 0.2) is 42.2 Å². The monoisotopic (exact) mass is 839 g/mol. The quantitative estimate of drug-likeness (QED) is 0.132. The number of fused-ring (bicyclic) bond motifs is 14. The van der Waals surface area contributed by atoms with Gasteiger partial charge in [0.15, 0.2) is 12.4 Å². The number of carbonyl (C=O) groups is 4. The number of phenolic OH excluding ortho intramolecular Hbond substituents is 2. The van der Waals surface area contributed by atoms with Crippen LogP contribution in [0.4, 0.5) is 5.69 Å². The van der Waals surface area contributed by atoms with E-state index in [9.17, 15) is 39.6 Å². The number of esters is 1. The molecule has 0 saturated heterocycles. The molecular weight excluding hydrogens is 778 g/mol. The van der Waals surface area contributed by atoms with Crippen LogP contribution in [0.3, 0.4) is 0 Å². The number of phenols is 2. The predicted octanol–water partition coefficient (Wildman–Crippen LogP) is 5.14. The highest BCUT2D eigenvalue weighted by atomic mass is 16.7. The van der Waals surface area contributed by atoms with E-state index in [0.717, 1.165) is 0 Å². The molecule has 2 amide bonds. The van der Waals surface area contributed by atoms with E-state index in [1.165, 1.54) is 64.3 Å². The van der Waals surface area contributed by atoms with E-state index >= 15 is 0 Å². The molecule has 2 aromatic carbocycles. The maximum Gasteiger partial charge on any atom is 0.312 e. The number of hydrogen-bond donors (Lipinski definition) is 5. The second-order valence-corrected chi connectivity index (χ2v) is 15.7. The van der Waals surface area contributed by atoms with E-state index in [1.54, 1.807) is 51.9 Å². The fourth-order valence-electron chi connectivity index (χ4n) is 7.79. The Bertz CT molecular complexity index is 2040. The van der Waals surface area contributed by atoms with Gasteiger partial charge in [0.25, 0.3) is 17.6 Å². The summed E-state index contributed by atoms with van der Waals surface area (Å²) in [4.78, 5) is 53.8. The first-order valence-electron chi connectivity index (χ1n) is 20.2. The van der Waals surface area contributed by atoms with Crippen molar-refractivity contribution in [3.8, 4) is 23.0 Å². The summed E-state index contributed by atoms with van der Waals surface area (Å²) < 4.78 is 29.8. The van der Waals surface area contributed by atoms with Crippen molar-refractivity contribution >= 4 is 40.0 Å². The van der Waals surface area contributed by atoms with Crippen LogP contribution >= 0.6 is 0 Å². The van der Waals surface area contributed by atoms with Gasteiger partial charge in [0.05, 0.1) is 41.2 Å². The lowest BCUT2D eigenvalue weighted by Crippen LogP contribution is -2.46. The lowest BCUT2D eigenvalue weighted by molar-refractivity contribution is -0.160. The second kappa shape index (κ2) is 19.5. The van der Waals surface area contributed by atoms with E-state index in [4.69, 9.17) is 23.7 Å². The molecule has 330 valence electrons. The molecule has 16 heteroatoms. The summed E-state index contributed by atoms with van der Waals surface area (Å²) in [7, 11) is 3.03. The molecule has 0 spiro atoms. The number of carbonyl (C=O) groups excluding carboxylic acids is 4. The molecule has 60 heavy (non-hydrogen) atoms. The first-order valence-corrected chi connectivity index (χ1v) is 20.2. The average Bonchev–Trinajstić information content (AvgIpc) is 3.48. The first-order chi connectivity index (χ1) is 28.1. The number of nitrogens with one attached hydrogen (secondary N) is 1. The zero-order chi connectivity index (χ0) is 45.0. The minimum absolute atomic E-state index is 0.0652. The molecule has 9 unspecified atom stereocenters. The van der Waals surface area contributed by atoms with Crippen molar-refractivity contribution < 1.29 is 63.3 Å². The van der Waals surface area contributed by atoms with Crippen LogP contribution in [0.25, 0.3) is 10.8 Å². The molecule has 5 bridgehead atoms. The Hall–Kier alpha value is -5.16. The SMILES string of the molecule is CCN(CC)N(C)C(=O)COc1cc2c(O)c3c(O)c(C)c4c(c13)C(=O)C(C)(O/C=C/C(OC)C(C)C(OC(C)=O)C(C)C(O)C(C)C(O)C(C)/C=C/C=C(C)C(=O)N2)O4. The molecule has 2 aromatic rings. The Labute approximate surface area is 351 Å². The molecule has 5 rings (SSSR count). The molecule has 16 nitrogen and oxygen atoms in total. The van der Waals surface area contributed by atoms with Crippen LogP contribution in [-0.2, 0) is 28.6 Å². The second-order valence-electron chi connectivity index (χ2n) is 15.7. The molecule has 3 aliphatic rings. The third-order valence-electron chi connectivity index (χ3n) is 11.7. The molecule has 0 radical (unpaired) electrons. The number of hydrogen-bond acceptors (Lipinski definition) is 14. The van der Waals surface area contributed by atoms with Crippen molar-refractivity contribution in [1.29, 1.82) is 0 Å². The number of aromatic hydroxyl groups is 2. The van der Waals surface area contributed by atoms with E-state index in [2.05, 4.69) is 5.32 Å². The van der Waals surface area contributed by atoms with Crippen LogP contribution in [0.2, 0.25) is 0 Å². The number of allylic oxidation sites excluding steroid dienone is 2. The summed E-state index contributed by atoms with van der Waals surface area (Å²) in [5.41, 5.74) is -0.0401. The number of nitrogens with zero attached hydrogens (tertiary/aromatic N) is 2. The molecule has 0 aromatic heterocycles. The molecule has 0 saturated carbocycles. The third-order valence-corrected chi connectivity index (χ3v) is 11.7.